The van der Waals surface area contributed by atoms with E-state index in [2.05, 4.69) is 10.3 Å². The molecule has 0 saturated carbocycles. The van der Waals surface area contributed by atoms with Crippen molar-refractivity contribution in [3.8, 4) is 0 Å². The Hall–Kier alpha value is -1.38. The van der Waals surface area contributed by atoms with Crippen molar-refractivity contribution in [3.63, 3.8) is 0 Å². The second-order valence-electron chi connectivity index (χ2n) is 3.59. The molecule has 1 aromatic heterocycles. The average Bonchev–Trinajstić information content (AvgIpc) is 2.29. The van der Waals surface area contributed by atoms with Crippen LogP contribution in [-0.4, -0.2) is 10.9 Å². The van der Waals surface area contributed by atoms with Crippen molar-refractivity contribution in [1.82, 2.24) is 10.3 Å². The molecule has 0 radical (unpaired) electrons. The summed E-state index contributed by atoms with van der Waals surface area (Å²) in [5, 5.41) is 2.93. The first-order valence-corrected chi connectivity index (χ1v) is 5.44. The molecule has 1 amide bonds. The van der Waals surface area contributed by atoms with E-state index >= 15 is 0 Å². The Kier molecular flexibility index (Phi) is 4.81. The average molecular weight is 206 g/mol. The lowest BCUT2D eigenvalue weighted by molar-refractivity contribution is -0.125. The van der Waals surface area contributed by atoms with Gasteiger partial charge in [-0.1, -0.05) is 13.8 Å². The lowest BCUT2D eigenvalue weighted by Crippen LogP contribution is -2.29. The molecule has 0 fully saturated rings. The Morgan fingerprint density at radius 3 is 2.47 bits per heavy atom. The van der Waals surface area contributed by atoms with Crippen molar-refractivity contribution >= 4 is 5.91 Å². The molecule has 0 aromatic carbocycles. The standard InChI is InChI=1S/C12H18N2O/c1-3-11(4-2)12(15)14-9-10-5-7-13-8-6-10/h5-8,11H,3-4,9H2,1-2H3,(H,14,15). The van der Waals surface area contributed by atoms with Gasteiger partial charge in [0.2, 0.25) is 5.91 Å². The smallest absolute Gasteiger partial charge is 0.223 e. The molecule has 0 saturated heterocycles. The first-order chi connectivity index (χ1) is 7.27. The highest BCUT2D eigenvalue weighted by Crippen LogP contribution is 2.07. The highest BCUT2D eigenvalue weighted by atomic mass is 16.1. The zero-order chi connectivity index (χ0) is 11.1. The number of pyridine rings is 1. The Labute approximate surface area is 90.9 Å². The normalized spacial score (nSPS) is 10.3. The molecule has 1 aromatic rings. The molecule has 0 aliphatic carbocycles. The zero-order valence-corrected chi connectivity index (χ0v) is 9.36. The third kappa shape index (κ3) is 3.70. The summed E-state index contributed by atoms with van der Waals surface area (Å²) in [6, 6.07) is 3.82. The highest BCUT2D eigenvalue weighted by Gasteiger charge is 2.12. The minimum Gasteiger partial charge on any atom is -0.352 e. The molecule has 3 nitrogen and oxygen atoms in total. The molecule has 0 aliphatic heterocycles. The van der Waals surface area contributed by atoms with Gasteiger partial charge in [0.25, 0.3) is 0 Å². The third-order valence-electron chi connectivity index (χ3n) is 2.57. The van der Waals surface area contributed by atoms with Gasteiger partial charge in [-0.2, -0.15) is 0 Å². The van der Waals surface area contributed by atoms with Gasteiger partial charge in [-0.3, -0.25) is 9.78 Å². The van der Waals surface area contributed by atoms with Crippen LogP contribution in [0.15, 0.2) is 24.5 Å². The van der Waals surface area contributed by atoms with Gasteiger partial charge in [0.1, 0.15) is 0 Å². The highest BCUT2D eigenvalue weighted by molar-refractivity contribution is 5.78. The summed E-state index contributed by atoms with van der Waals surface area (Å²) in [5.41, 5.74) is 1.09. The van der Waals surface area contributed by atoms with Gasteiger partial charge < -0.3 is 5.32 Å². The largest absolute Gasteiger partial charge is 0.352 e. The Bertz CT molecular complexity index is 294. The Morgan fingerprint density at radius 2 is 1.93 bits per heavy atom. The number of amides is 1. The summed E-state index contributed by atoms with van der Waals surface area (Å²) in [6.07, 6.45) is 5.27. The number of nitrogens with zero attached hydrogens (tertiary/aromatic N) is 1. The van der Waals surface area contributed by atoms with Crippen LogP contribution in [0, 0.1) is 5.92 Å². The third-order valence-corrected chi connectivity index (χ3v) is 2.57. The molecule has 0 atom stereocenters. The number of rotatable bonds is 5. The molecule has 1 heterocycles. The zero-order valence-electron chi connectivity index (χ0n) is 9.36. The number of hydrogen-bond acceptors (Lipinski definition) is 2. The number of carbonyl (C=O) groups excluding carboxylic acids is 1. The number of nitrogens with one attached hydrogen (secondary N) is 1. The maximum atomic E-state index is 11.7. The molecule has 15 heavy (non-hydrogen) atoms. The molecule has 0 unspecified atom stereocenters. The lowest BCUT2D eigenvalue weighted by Gasteiger charge is -2.12. The van der Waals surface area contributed by atoms with Gasteiger partial charge in [0.15, 0.2) is 0 Å². The summed E-state index contributed by atoms with van der Waals surface area (Å²) >= 11 is 0. The molecular formula is C12H18N2O. The van der Waals surface area contributed by atoms with E-state index in [1.165, 1.54) is 0 Å². The van der Waals surface area contributed by atoms with Gasteiger partial charge in [-0.15, -0.1) is 0 Å². The fraction of sp³-hybridized carbons (Fsp3) is 0.500. The van der Waals surface area contributed by atoms with E-state index in [-0.39, 0.29) is 11.8 Å². The van der Waals surface area contributed by atoms with Crippen LogP contribution in [0.25, 0.3) is 0 Å². The molecule has 82 valence electrons. The Morgan fingerprint density at radius 1 is 1.33 bits per heavy atom. The fourth-order valence-electron chi connectivity index (χ4n) is 1.49. The van der Waals surface area contributed by atoms with Crippen molar-refractivity contribution in [2.75, 3.05) is 0 Å². The minimum absolute atomic E-state index is 0.145. The number of carbonyl (C=O) groups is 1. The van der Waals surface area contributed by atoms with Gasteiger partial charge in [0.05, 0.1) is 0 Å². The van der Waals surface area contributed by atoms with E-state index in [1.807, 2.05) is 26.0 Å². The van der Waals surface area contributed by atoms with E-state index in [9.17, 15) is 4.79 Å². The molecular weight excluding hydrogens is 188 g/mol. The molecule has 0 aliphatic rings. The minimum atomic E-state index is 0.145. The summed E-state index contributed by atoms with van der Waals surface area (Å²) in [4.78, 5) is 15.6. The second kappa shape index (κ2) is 6.17. The molecule has 0 bridgehead atoms. The van der Waals surface area contributed by atoms with Crippen LogP contribution >= 0.6 is 0 Å². The summed E-state index contributed by atoms with van der Waals surface area (Å²) in [5.74, 6) is 0.295. The number of aromatic nitrogens is 1. The molecule has 1 rings (SSSR count). The summed E-state index contributed by atoms with van der Waals surface area (Å²) in [6.45, 7) is 4.68. The molecule has 0 spiro atoms. The van der Waals surface area contributed by atoms with E-state index in [0.717, 1.165) is 18.4 Å². The quantitative estimate of drug-likeness (QED) is 0.802. The lowest BCUT2D eigenvalue weighted by atomic mass is 10.0. The summed E-state index contributed by atoms with van der Waals surface area (Å²) in [7, 11) is 0. The first-order valence-electron chi connectivity index (χ1n) is 5.44. The van der Waals surface area contributed by atoms with Crippen molar-refractivity contribution in [1.29, 1.82) is 0 Å². The summed E-state index contributed by atoms with van der Waals surface area (Å²) < 4.78 is 0. The van der Waals surface area contributed by atoms with Crippen LogP contribution in [0.4, 0.5) is 0 Å². The topological polar surface area (TPSA) is 42.0 Å². The van der Waals surface area contributed by atoms with Gasteiger partial charge >= 0.3 is 0 Å². The van der Waals surface area contributed by atoms with E-state index in [1.54, 1.807) is 12.4 Å². The van der Waals surface area contributed by atoms with Gasteiger partial charge in [-0.25, -0.2) is 0 Å². The molecule has 3 heteroatoms. The van der Waals surface area contributed by atoms with Crippen LogP contribution in [-0.2, 0) is 11.3 Å². The van der Waals surface area contributed by atoms with Crippen molar-refractivity contribution in [2.24, 2.45) is 5.92 Å². The maximum Gasteiger partial charge on any atom is 0.223 e. The predicted octanol–water partition coefficient (Wildman–Crippen LogP) is 2.13. The van der Waals surface area contributed by atoms with E-state index < -0.39 is 0 Å². The van der Waals surface area contributed by atoms with Crippen molar-refractivity contribution < 1.29 is 4.79 Å². The van der Waals surface area contributed by atoms with Crippen LogP contribution in [0.2, 0.25) is 0 Å². The van der Waals surface area contributed by atoms with E-state index in [4.69, 9.17) is 0 Å². The maximum absolute atomic E-state index is 11.7. The monoisotopic (exact) mass is 206 g/mol. The van der Waals surface area contributed by atoms with Crippen LogP contribution in [0.5, 0.6) is 0 Å². The predicted molar refractivity (Wildman–Crippen MR) is 60.2 cm³/mol. The first kappa shape index (κ1) is 11.7. The SMILES string of the molecule is CCC(CC)C(=O)NCc1ccncc1. The number of hydrogen-bond donors (Lipinski definition) is 1. The van der Waals surface area contributed by atoms with Gasteiger partial charge in [0, 0.05) is 24.9 Å². The van der Waals surface area contributed by atoms with E-state index in [0.29, 0.717) is 6.54 Å². The Balaban J connectivity index is 2.40. The van der Waals surface area contributed by atoms with Crippen LogP contribution in [0.1, 0.15) is 32.3 Å². The second-order valence-corrected chi connectivity index (χ2v) is 3.59. The van der Waals surface area contributed by atoms with Crippen LogP contribution < -0.4 is 5.32 Å². The van der Waals surface area contributed by atoms with Gasteiger partial charge in [-0.05, 0) is 30.5 Å². The van der Waals surface area contributed by atoms with Crippen molar-refractivity contribution in [3.05, 3.63) is 30.1 Å². The fourth-order valence-corrected chi connectivity index (χ4v) is 1.49. The van der Waals surface area contributed by atoms with Crippen molar-refractivity contribution in [2.45, 2.75) is 33.2 Å². The van der Waals surface area contributed by atoms with Crippen LogP contribution in [0.3, 0.4) is 0 Å². The molecule has 1 N–H and O–H groups in total.